The minimum Gasteiger partial charge on any atom is -0.361 e. The van der Waals surface area contributed by atoms with Crippen molar-refractivity contribution in [2.75, 3.05) is 13.1 Å². The lowest BCUT2D eigenvalue weighted by Gasteiger charge is -2.32. The summed E-state index contributed by atoms with van der Waals surface area (Å²) in [4.78, 5) is 19.8. The van der Waals surface area contributed by atoms with Crippen LogP contribution in [0.4, 0.5) is 0 Å². The van der Waals surface area contributed by atoms with E-state index in [2.05, 4.69) is 17.3 Å². The number of carbonyl (C=O) groups is 1. The van der Waals surface area contributed by atoms with Gasteiger partial charge in [0, 0.05) is 47.4 Å². The van der Waals surface area contributed by atoms with E-state index in [4.69, 9.17) is 21.1 Å². The second-order valence-electron chi connectivity index (χ2n) is 7.98. The summed E-state index contributed by atoms with van der Waals surface area (Å²) in [6.07, 6.45) is 3.06. The van der Waals surface area contributed by atoms with E-state index in [0.29, 0.717) is 19.4 Å². The fourth-order valence-corrected chi connectivity index (χ4v) is 4.33. The van der Waals surface area contributed by atoms with Crippen LogP contribution in [0.15, 0.2) is 47.0 Å². The summed E-state index contributed by atoms with van der Waals surface area (Å²) in [5, 5.41) is 4.72. The van der Waals surface area contributed by atoms with E-state index in [1.807, 2.05) is 49.1 Å². The Morgan fingerprint density at radius 2 is 2.03 bits per heavy atom. The zero-order chi connectivity index (χ0) is 21.1. The summed E-state index contributed by atoms with van der Waals surface area (Å²) >= 11 is 6.31. The average molecular weight is 424 g/mol. The first-order valence-electron chi connectivity index (χ1n) is 10.4. The average Bonchev–Trinajstić information content (AvgIpc) is 3.08. The Balaban J connectivity index is 1.45. The Morgan fingerprint density at radius 1 is 1.20 bits per heavy atom. The predicted octanol–water partition coefficient (Wildman–Crippen LogP) is 4.88. The van der Waals surface area contributed by atoms with Crippen molar-refractivity contribution in [3.05, 3.63) is 81.5 Å². The zero-order valence-corrected chi connectivity index (χ0v) is 18.2. The van der Waals surface area contributed by atoms with Crippen LogP contribution < -0.4 is 0 Å². The highest BCUT2D eigenvalue weighted by Gasteiger charge is 2.27. The molecule has 0 spiro atoms. The molecule has 2 aromatic heterocycles. The molecule has 0 radical (unpaired) electrons. The van der Waals surface area contributed by atoms with Gasteiger partial charge in [0.2, 0.25) is 5.91 Å². The molecule has 0 saturated carbocycles. The van der Waals surface area contributed by atoms with Crippen LogP contribution in [-0.4, -0.2) is 34.0 Å². The quantitative estimate of drug-likeness (QED) is 0.586. The molecule has 3 aromatic rings. The van der Waals surface area contributed by atoms with E-state index in [1.165, 1.54) is 0 Å². The number of benzene rings is 1. The lowest BCUT2D eigenvalue weighted by Crippen LogP contribution is -2.40. The number of aryl methyl sites for hydroxylation is 2. The van der Waals surface area contributed by atoms with Crippen molar-refractivity contribution in [1.82, 2.24) is 15.0 Å². The van der Waals surface area contributed by atoms with Crippen LogP contribution in [-0.2, 0) is 17.6 Å². The first kappa shape index (κ1) is 20.6. The molecule has 5 nitrogen and oxygen atoms in total. The van der Waals surface area contributed by atoms with Gasteiger partial charge in [-0.3, -0.25) is 9.78 Å². The van der Waals surface area contributed by atoms with Crippen molar-refractivity contribution in [2.45, 2.75) is 45.4 Å². The molecule has 1 atom stereocenters. The van der Waals surface area contributed by atoms with Crippen molar-refractivity contribution < 1.29 is 9.32 Å². The van der Waals surface area contributed by atoms with Gasteiger partial charge >= 0.3 is 0 Å². The SMILES string of the molecule is Cc1noc(C)c1CC(=O)N1CCC[C@H](c2cccc(Cc3ccccc3Cl)n2)C1. The van der Waals surface area contributed by atoms with Gasteiger partial charge < -0.3 is 9.42 Å². The molecule has 1 amide bonds. The number of halogens is 1. The first-order chi connectivity index (χ1) is 14.5. The van der Waals surface area contributed by atoms with Gasteiger partial charge in [-0.25, -0.2) is 0 Å². The third-order valence-electron chi connectivity index (χ3n) is 5.86. The fourth-order valence-electron chi connectivity index (χ4n) is 4.12. The number of hydrogen-bond acceptors (Lipinski definition) is 4. The van der Waals surface area contributed by atoms with Gasteiger partial charge in [0.05, 0.1) is 12.1 Å². The molecule has 6 heteroatoms. The Morgan fingerprint density at radius 3 is 2.80 bits per heavy atom. The molecule has 0 bridgehead atoms. The second-order valence-corrected chi connectivity index (χ2v) is 8.39. The topological polar surface area (TPSA) is 59.2 Å². The molecule has 4 rings (SSSR count). The molecular formula is C24H26ClN3O2. The van der Waals surface area contributed by atoms with Gasteiger partial charge in [0.25, 0.3) is 0 Å². The third kappa shape index (κ3) is 4.57. The van der Waals surface area contributed by atoms with Gasteiger partial charge in [0.15, 0.2) is 0 Å². The number of amides is 1. The highest BCUT2D eigenvalue weighted by Crippen LogP contribution is 2.27. The summed E-state index contributed by atoms with van der Waals surface area (Å²) in [6.45, 7) is 5.23. The summed E-state index contributed by atoms with van der Waals surface area (Å²) in [7, 11) is 0. The number of likely N-dealkylation sites (tertiary alicyclic amines) is 1. The van der Waals surface area contributed by atoms with Crippen LogP contribution in [0.5, 0.6) is 0 Å². The Hall–Kier alpha value is -2.66. The van der Waals surface area contributed by atoms with E-state index < -0.39 is 0 Å². The van der Waals surface area contributed by atoms with Crippen LogP contribution in [0.1, 0.15) is 52.7 Å². The number of piperidine rings is 1. The van der Waals surface area contributed by atoms with Gasteiger partial charge in [-0.2, -0.15) is 0 Å². The Kier molecular flexibility index (Phi) is 6.18. The molecule has 3 heterocycles. The Labute approximate surface area is 182 Å². The number of pyridine rings is 1. The molecule has 1 aliphatic rings. The van der Waals surface area contributed by atoms with E-state index in [1.54, 1.807) is 0 Å². The summed E-state index contributed by atoms with van der Waals surface area (Å²) in [5.41, 5.74) is 4.82. The highest BCUT2D eigenvalue weighted by molar-refractivity contribution is 6.31. The molecule has 30 heavy (non-hydrogen) atoms. The fraction of sp³-hybridized carbons (Fsp3) is 0.375. The number of rotatable bonds is 5. The monoisotopic (exact) mass is 423 g/mol. The molecule has 1 saturated heterocycles. The van der Waals surface area contributed by atoms with Crippen LogP contribution in [0.3, 0.4) is 0 Å². The Bertz CT molecular complexity index is 1030. The minimum atomic E-state index is 0.126. The maximum atomic E-state index is 12.9. The smallest absolute Gasteiger partial charge is 0.227 e. The lowest BCUT2D eigenvalue weighted by molar-refractivity contribution is -0.131. The summed E-state index contributed by atoms with van der Waals surface area (Å²) in [6, 6.07) is 14.0. The van der Waals surface area contributed by atoms with Crippen LogP contribution in [0.2, 0.25) is 5.02 Å². The normalized spacial score (nSPS) is 16.6. The molecular weight excluding hydrogens is 398 g/mol. The van der Waals surface area contributed by atoms with E-state index in [0.717, 1.165) is 58.4 Å². The maximum absolute atomic E-state index is 12.9. The van der Waals surface area contributed by atoms with Crippen LogP contribution >= 0.6 is 11.6 Å². The van der Waals surface area contributed by atoms with Gasteiger partial charge in [-0.15, -0.1) is 0 Å². The minimum absolute atomic E-state index is 0.126. The predicted molar refractivity (Wildman–Crippen MR) is 117 cm³/mol. The van der Waals surface area contributed by atoms with Crippen molar-refractivity contribution in [3.8, 4) is 0 Å². The van der Waals surface area contributed by atoms with E-state index >= 15 is 0 Å². The van der Waals surface area contributed by atoms with Crippen molar-refractivity contribution in [2.24, 2.45) is 0 Å². The zero-order valence-electron chi connectivity index (χ0n) is 17.4. The van der Waals surface area contributed by atoms with Crippen LogP contribution in [0.25, 0.3) is 0 Å². The summed E-state index contributed by atoms with van der Waals surface area (Å²) < 4.78 is 5.20. The van der Waals surface area contributed by atoms with Crippen molar-refractivity contribution in [3.63, 3.8) is 0 Å². The third-order valence-corrected chi connectivity index (χ3v) is 6.23. The lowest BCUT2D eigenvalue weighted by atomic mass is 9.93. The van der Waals surface area contributed by atoms with E-state index in [9.17, 15) is 4.79 Å². The van der Waals surface area contributed by atoms with Gasteiger partial charge in [-0.05, 0) is 50.5 Å². The molecule has 1 aliphatic heterocycles. The highest BCUT2D eigenvalue weighted by atomic mass is 35.5. The molecule has 0 aliphatic carbocycles. The van der Waals surface area contributed by atoms with Gasteiger partial charge in [-0.1, -0.05) is 41.0 Å². The first-order valence-corrected chi connectivity index (χ1v) is 10.8. The number of carbonyl (C=O) groups excluding carboxylic acids is 1. The second kappa shape index (κ2) is 9.00. The number of aromatic nitrogens is 2. The maximum Gasteiger partial charge on any atom is 0.227 e. The number of nitrogens with zero attached hydrogens (tertiary/aromatic N) is 3. The number of hydrogen-bond donors (Lipinski definition) is 0. The van der Waals surface area contributed by atoms with E-state index in [-0.39, 0.29) is 11.8 Å². The molecule has 0 N–H and O–H groups in total. The van der Waals surface area contributed by atoms with Crippen molar-refractivity contribution in [1.29, 1.82) is 0 Å². The van der Waals surface area contributed by atoms with Crippen LogP contribution in [0, 0.1) is 13.8 Å². The molecule has 1 aromatic carbocycles. The molecule has 1 fully saturated rings. The standard InChI is InChI=1S/C24H26ClN3O2/c1-16-21(17(2)30-27-16)14-24(29)28-12-6-8-19(15-28)23-11-5-9-20(26-23)13-18-7-3-4-10-22(18)25/h3-5,7,9-11,19H,6,8,12-15H2,1-2H3/t19-/m0/s1. The van der Waals surface area contributed by atoms with Crippen molar-refractivity contribution >= 4 is 17.5 Å². The molecule has 156 valence electrons. The van der Waals surface area contributed by atoms with Gasteiger partial charge in [0.1, 0.15) is 5.76 Å². The summed E-state index contributed by atoms with van der Waals surface area (Å²) in [5.74, 6) is 1.10. The largest absolute Gasteiger partial charge is 0.361 e. The molecule has 0 unspecified atom stereocenters.